The lowest BCUT2D eigenvalue weighted by atomic mass is 10.1. The molecule has 2 aromatic carbocycles. The molecule has 1 N–H and O–H groups in total. The Balaban J connectivity index is 1.64. The Kier molecular flexibility index (Phi) is 5.10. The van der Waals surface area contributed by atoms with E-state index in [9.17, 15) is 22.0 Å². The lowest BCUT2D eigenvalue weighted by Gasteiger charge is -2.33. The molecule has 1 saturated heterocycles. The van der Waals surface area contributed by atoms with E-state index in [4.69, 9.17) is 9.15 Å². The molecule has 2 heterocycles. The lowest BCUT2D eigenvalue weighted by molar-refractivity contribution is 0.0956. The van der Waals surface area contributed by atoms with E-state index in [0.717, 1.165) is 43.8 Å². The van der Waals surface area contributed by atoms with Gasteiger partial charge in [-0.05, 0) is 37.6 Å². The summed E-state index contributed by atoms with van der Waals surface area (Å²) in [6, 6.07) is 7.02. The average Bonchev–Trinajstić information content (AvgIpc) is 3.06. The van der Waals surface area contributed by atoms with Crippen LogP contribution in [0.25, 0.3) is 11.0 Å². The third kappa shape index (κ3) is 3.70. The number of rotatable bonds is 6. The van der Waals surface area contributed by atoms with Crippen LogP contribution in [0.2, 0.25) is 0 Å². The van der Waals surface area contributed by atoms with Crippen LogP contribution < -0.4 is 14.4 Å². The first-order chi connectivity index (χ1) is 14.3. The van der Waals surface area contributed by atoms with Crippen LogP contribution in [0.3, 0.4) is 0 Å². The fourth-order valence-electron chi connectivity index (χ4n) is 3.15. The minimum atomic E-state index is -4.47. The zero-order valence-electron chi connectivity index (χ0n) is 15.9. The molecule has 1 aliphatic heterocycles. The van der Waals surface area contributed by atoms with Crippen molar-refractivity contribution in [1.29, 1.82) is 0 Å². The van der Waals surface area contributed by atoms with E-state index in [1.165, 1.54) is 6.07 Å². The summed E-state index contributed by atoms with van der Waals surface area (Å²) in [5.41, 5.74) is 0.751. The molecule has 10 heteroatoms. The summed E-state index contributed by atoms with van der Waals surface area (Å²) in [5, 5.41) is 0.0579. The van der Waals surface area contributed by atoms with Gasteiger partial charge >= 0.3 is 5.91 Å². The molecule has 1 aliphatic rings. The maximum absolute atomic E-state index is 14.4. The van der Waals surface area contributed by atoms with Gasteiger partial charge in [0.15, 0.2) is 5.76 Å². The van der Waals surface area contributed by atoms with Gasteiger partial charge in [0.05, 0.1) is 12.0 Å². The Morgan fingerprint density at radius 2 is 1.97 bits per heavy atom. The molecule has 7 nitrogen and oxygen atoms in total. The molecule has 0 atom stereocenters. The fraction of sp³-hybridized carbons (Fsp3) is 0.250. The van der Waals surface area contributed by atoms with Crippen LogP contribution in [-0.4, -0.2) is 34.0 Å². The summed E-state index contributed by atoms with van der Waals surface area (Å²) in [6.07, 6.45) is 1.01. The average molecular weight is 436 g/mol. The van der Waals surface area contributed by atoms with E-state index >= 15 is 0 Å². The maximum Gasteiger partial charge on any atom is 0.300 e. The Labute approximate surface area is 171 Å². The molecule has 0 saturated carbocycles. The number of ether oxygens (including phenoxy) is 1. The van der Waals surface area contributed by atoms with Gasteiger partial charge in [-0.3, -0.25) is 4.79 Å². The number of hydrogen-bond acceptors (Lipinski definition) is 6. The second-order valence-electron chi connectivity index (χ2n) is 6.75. The van der Waals surface area contributed by atoms with Gasteiger partial charge in [-0.15, -0.1) is 0 Å². The van der Waals surface area contributed by atoms with E-state index < -0.39 is 32.5 Å². The Hall–Kier alpha value is -3.14. The molecule has 3 aromatic rings. The summed E-state index contributed by atoms with van der Waals surface area (Å²) >= 11 is 0. The Morgan fingerprint density at radius 1 is 1.20 bits per heavy atom. The first-order valence-electron chi connectivity index (χ1n) is 9.26. The summed E-state index contributed by atoms with van der Waals surface area (Å²) in [7, 11) is -4.47. The van der Waals surface area contributed by atoms with E-state index in [1.807, 2.05) is 9.62 Å². The monoisotopic (exact) mass is 436 g/mol. The van der Waals surface area contributed by atoms with Crippen molar-refractivity contribution in [2.45, 2.75) is 18.2 Å². The number of anilines is 1. The summed E-state index contributed by atoms with van der Waals surface area (Å²) < 4.78 is 65.7. The number of carbonyl (C=O) groups is 1. The number of fused-ring (bicyclic) bond motifs is 1. The maximum atomic E-state index is 14.4. The molecular weight excluding hydrogens is 418 g/mol. The zero-order valence-corrected chi connectivity index (χ0v) is 16.8. The molecule has 1 amide bonds. The van der Waals surface area contributed by atoms with Crippen molar-refractivity contribution in [3.8, 4) is 5.75 Å². The summed E-state index contributed by atoms with van der Waals surface area (Å²) in [5.74, 6) is -2.99. The van der Waals surface area contributed by atoms with E-state index in [1.54, 1.807) is 13.0 Å². The standard InChI is InChI=1S/C20H18F2N2O5S/c1-2-28-16-5-4-12(21)8-19(16)30(26,27)23-20(25)18-11-14-15(22)9-13(10-17(14)29-18)24-6-3-7-24/h4-5,8-11H,2-3,6-7H2,1H3,(H,23,25). The number of nitrogens with one attached hydrogen (secondary N) is 1. The number of benzene rings is 2. The van der Waals surface area contributed by atoms with Crippen molar-refractivity contribution in [2.75, 3.05) is 24.6 Å². The molecule has 1 fully saturated rings. The van der Waals surface area contributed by atoms with Crippen LogP contribution >= 0.6 is 0 Å². The van der Waals surface area contributed by atoms with Crippen molar-refractivity contribution in [1.82, 2.24) is 4.72 Å². The number of furan rings is 1. The second-order valence-corrected chi connectivity index (χ2v) is 8.40. The summed E-state index contributed by atoms with van der Waals surface area (Å²) in [6.45, 7) is 3.38. The van der Waals surface area contributed by atoms with Crippen LogP contribution in [0.15, 0.2) is 45.7 Å². The highest BCUT2D eigenvalue weighted by Crippen LogP contribution is 2.31. The third-order valence-corrected chi connectivity index (χ3v) is 6.09. The van der Waals surface area contributed by atoms with Gasteiger partial charge in [0, 0.05) is 30.9 Å². The van der Waals surface area contributed by atoms with Crippen LogP contribution in [0, 0.1) is 11.6 Å². The number of halogens is 2. The largest absolute Gasteiger partial charge is 0.492 e. The zero-order chi connectivity index (χ0) is 21.5. The smallest absolute Gasteiger partial charge is 0.300 e. The van der Waals surface area contributed by atoms with Crippen molar-refractivity contribution < 1.29 is 31.1 Å². The van der Waals surface area contributed by atoms with E-state index in [-0.39, 0.29) is 29.1 Å². The number of amides is 1. The minimum absolute atomic E-state index is 0.0579. The van der Waals surface area contributed by atoms with E-state index in [0.29, 0.717) is 5.69 Å². The van der Waals surface area contributed by atoms with Crippen LogP contribution in [0.4, 0.5) is 14.5 Å². The van der Waals surface area contributed by atoms with Gasteiger partial charge in [0.2, 0.25) is 0 Å². The molecule has 0 unspecified atom stereocenters. The summed E-state index contributed by atoms with van der Waals surface area (Å²) in [4.78, 5) is 13.9. The SMILES string of the molecule is CCOc1ccc(F)cc1S(=O)(=O)NC(=O)c1cc2c(F)cc(N3CCC3)cc2o1. The Morgan fingerprint density at radius 3 is 2.63 bits per heavy atom. The van der Waals surface area contributed by atoms with Gasteiger partial charge in [-0.2, -0.15) is 0 Å². The van der Waals surface area contributed by atoms with Crippen LogP contribution in [-0.2, 0) is 10.0 Å². The highest BCUT2D eigenvalue weighted by atomic mass is 32.2. The number of carbonyl (C=O) groups excluding carboxylic acids is 1. The molecule has 0 spiro atoms. The normalized spacial score (nSPS) is 13.9. The molecule has 0 radical (unpaired) electrons. The molecular formula is C20H18F2N2O5S. The highest BCUT2D eigenvalue weighted by Gasteiger charge is 2.26. The third-order valence-electron chi connectivity index (χ3n) is 4.74. The van der Waals surface area contributed by atoms with Crippen LogP contribution in [0.1, 0.15) is 23.9 Å². The topological polar surface area (TPSA) is 88.8 Å². The number of nitrogens with zero attached hydrogens (tertiary/aromatic N) is 1. The fourth-order valence-corrected chi connectivity index (χ4v) is 4.26. The molecule has 0 bridgehead atoms. The second kappa shape index (κ2) is 7.60. The predicted octanol–water partition coefficient (Wildman–Crippen LogP) is 3.44. The molecule has 158 valence electrons. The molecule has 1 aromatic heterocycles. The van der Waals surface area contributed by atoms with Crippen molar-refractivity contribution >= 4 is 32.6 Å². The minimum Gasteiger partial charge on any atom is -0.492 e. The number of hydrogen-bond donors (Lipinski definition) is 1. The molecule has 30 heavy (non-hydrogen) atoms. The first-order valence-corrected chi connectivity index (χ1v) is 10.7. The van der Waals surface area contributed by atoms with Gasteiger partial charge in [0.25, 0.3) is 10.0 Å². The predicted molar refractivity (Wildman–Crippen MR) is 105 cm³/mol. The van der Waals surface area contributed by atoms with E-state index in [2.05, 4.69) is 0 Å². The molecule has 4 rings (SSSR count). The van der Waals surface area contributed by atoms with Crippen molar-refractivity contribution in [2.24, 2.45) is 0 Å². The van der Waals surface area contributed by atoms with Gasteiger partial charge in [-0.25, -0.2) is 21.9 Å². The number of sulfonamides is 1. The quantitative estimate of drug-likeness (QED) is 0.637. The van der Waals surface area contributed by atoms with Gasteiger partial charge in [-0.1, -0.05) is 0 Å². The van der Waals surface area contributed by atoms with Gasteiger partial charge in [0.1, 0.15) is 27.9 Å². The van der Waals surface area contributed by atoms with Crippen LogP contribution in [0.5, 0.6) is 5.75 Å². The van der Waals surface area contributed by atoms with Crippen molar-refractivity contribution in [3.63, 3.8) is 0 Å². The van der Waals surface area contributed by atoms with Gasteiger partial charge < -0.3 is 14.1 Å². The molecule has 0 aliphatic carbocycles. The first kappa shape index (κ1) is 20.1. The Bertz CT molecular complexity index is 1240. The van der Waals surface area contributed by atoms with Crippen molar-refractivity contribution in [3.05, 3.63) is 53.8 Å². The highest BCUT2D eigenvalue weighted by molar-refractivity contribution is 7.90. The lowest BCUT2D eigenvalue weighted by Crippen LogP contribution is -2.36.